The molecule has 7 heteroatoms. The molecule has 1 aliphatic heterocycles. The molecular weight excluding hydrogens is 296 g/mol. The Hall–Kier alpha value is -2.15. The van der Waals surface area contributed by atoms with Crippen LogP contribution < -0.4 is 11.1 Å². The number of rotatable bonds is 6. The van der Waals surface area contributed by atoms with Gasteiger partial charge in [-0.25, -0.2) is 9.78 Å². The van der Waals surface area contributed by atoms with Crippen LogP contribution in [-0.2, 0) is 14.3 Å². The van der Waals surface area contributed by atoms with Gasteiger partial charge >= 0.3 is 5.97 Å². The van der Waals surface area contributed by atoms with Crippen molar-refractivity contribution in [2.24, 2.45) is 0 Å². The predicted octanol–water partition coefficient (Wildman–Crippen LogP) is 1.92. The molecule has 3 N–H and O–H groups in total. The van der Waals surface area contributed by atoms with E-state index in [-0.39, 0.29) is 18.0 Å². The molecule has 1 aromatic heterocycles. The molecule has 0 aromatic carbocycles. The van der Waals surface area contributed by atoms with Crippen LogP contribution in [0.25, 0.3) is 6.08 Å². The number of hydrogen-bond donors (Lipinski definition) is 2. The first kappa shape index (κ1) is 17.2. The summed E-state index contributed by atoms with van der Waals surface area (Å²) >= 11 is 0. The minimum atomic E-state index is -0.318. The molecule has 23 heavy (non-hydrogen) atoms. The van der Waals surface area contributed by atoms with Crippen LogP contribution in [0.4, 0.5) is 11.8 Å². The van der Waals surface area contributed by atoms with Crippen LogP contribution >= 0.6 is 0 Å². The fraction of sp³-hybridized carbons (Fsp3) is 0.562. The third-order valence-electron chi connectivity index (χ3n) is 3.66. The van der Waals surface area contributed by atoms with Gasteiger partial charge < -0.3 is 20.5 Å². The van der Waals surface area contributed by atoms with Crippen LogP contribution in [0.5, 0.6) is 0 Å². The van der Waals surface area contributed by atoms with Crippen molar-refractivity contribution in [3.63, 3.8) is 0 Å². The first-order chi connectivity index (χ1) is 11.0. The maximum Gasteiger partial charge on any atom is 0.333 e. The summed E-state index contributed by atoms with van der Waals surface area (Å²) in [5.41, 5.74) is 7.82. The maximum absolute atomic E-state index is 12.0. The highest BCUT2D eigenvalue weighted by Gasteiger charge is 2.19. The highest BCUT2D eigenvalue weighted by atomic mass is 16.5. The number of aryl methyl sites for hydroxylation is 1. The Morgan fingerprint density at radius 1 is 1.48 bits per heavy atom. The van der Waals surface area contributed by atoms with Crippen molar-refractivity contribution in [2.45, 2.75) is 39.7 Å². The third kappa shape index (κ3) is 4.41. The van der Waals surface area contributed by atoms with Gasteiger partial charge in [-0.05, 0) is 32.8 Å². The second-order valence-corrected chi connectivity index (χ2v) is 5.38. The molecule has 1 saturated heterocycles. The number of hydrogen-bond acceptors (Lipinski definition) is 7. The van der Waals surface area contributed by atoms with E-state index in [1.54, 1.807) is 13.0 Å². The summed E-state index contributed by atoms with van der Waals surface area (Å²) < 4.78 is 10.5. The van der Waals surface area contributed by atoms with E-state index in [0.717, 1.165) is 18.6 Å². The van der Waals surface area contributed by atoms with E-state index < -0.39 is 0 Å². The molecule has 0 aliphatic carbocycles. The number of carbonyl (C=O) groups excluding carboxylic acids is 1. The lowest BCUT2D eigenvalue weighted by Gasteiger charge is -2.16. The Morgan fingerprint density at radius 3 is 2.87 bits per heavy atom. The van der Waals surface area contributed by atoms with Crippen molar-refractivity contribution >= 4 is 23.8 Å². The lowest BCUT2D eigenvalue weighted by molar-refractivity contribution is -0.138. The van der Waals surface area contributed by atoms with Crippen molar-refractivity contribution in [1.29, 1.82) is 0 Å². The molecule has 1 aromatic rings. The summed E-state index contributed by atoms with van der Waals surface area (Å²) in [6, 6.07) is 0.184. The number of ether oxygens (including phenoxy) is 2. The van der Waals surface area contributed by atoms with Crippen LogP contribution in [0.1, 0.15) is 37.9 Å². The lowest BCUT2D eigenvalue weighted by Crippen LogP contribution is -2.21. The third-order valence-corrected chi connectivity index (χ3v) is 3.66. The lowest BCUT2D eigenvalue weighted by atomic mass is 10.1. The minimum Gasteiger partial charge on any atom is -0.463 e. The SMILES string of the molecule is CCOC(=O)C(=Cc1c(C)nc(N)nc1NC1CCOC1)CC. The summed E-state index contributed by atoms with van der Waals surface area (Å²) in [5.74, 6) is 0.511. The van der Waals surface area contributed by atoms with Gasteiger partial charge in [0.15, 0.2) is 0 Å². The molecule has 0 bridgehead atoms. The smallest absolute Gasteiger partial charge is 0.333 e. The molecule has 0 spiro atoms. The summed E-state index contributed by atoms with van der Waals surface area (Å²) in [4.78, 5) is 20.5. The average Bonchev–Trinajstić information content (AvgIpc) is 2.99. The molecule has 0 saturated carbocycles. The van der Waals surface area contributed by atoms with Crippen molar-refractivity contribution < 1.29 is 14.3 Å². The normalized spacial score (nSPS) is 18.0. The predicted molar refractivity (Wildman–Crippen MR) is 88.9 cm³/mol. The minimum absolute atomic E-state index is 0.184. The monoisotopic (exact) mass is 320 g/mol. The van der Waals surface area contributed by atoms with Crippen LogP contribution in [0, 0.1) is 6.92 Å². The molecule has 2 heterocycles. The van der Waals surface area contributed by atoms with Gasteiger partial charge in [-0.2, -0.15) is 4.98 Å². The fourth-order valence-corrected chi connectivity index (χ4v) is 2.43. The number of esters is 1. The fourth-order valence-electron chi connectivity index (χ4n) is 2.43. The van der Waals surface area contributed by atoms with Crippen LogP contribution in [0.15, 0.2) is 5.57 Å². The van der Waals surface area contributed by atoms with Crippen molar-refractivity contribution in [2.75, 3.05) is 30.9 Å². The Morgan fingerprint density at radius 2 is 2.26 bits per heavy atom. The summed E-state index contributed by atoms with van der Waals surface area (Å²) in [7, 11) is 0. The Balaban J connectivity index is 2.36. The van der Waals surface area contributed by atoms with E-state index in [4.69, 9.17) is 15.2 Å². The zero-order valence-corrected chi connectivity index (χ0v) is 13.9. The van der Waals surface area contributed by atoms with E-state index in [9.17, 15) is 4.79 Å². The van der Waals surface area contributed by atoms with Gasteiger partial charge in [0.25, 0.3) is 0 Å². The van der Waals surface area contributed by atoms with Crippen molar-refractivity contribution in [3.05, 3.63) is 16.8 Å². The Bertz CT molecular complexity index is 595. The van der Waals surface area contributed by atoms with E-state index in [0.29, 0.717) is 36.7 Å². The maximum atomic E-state index is 12.0. The van der Waals surface area contributed by atoms with Crippen molar-refractivity contribution in [1.82, 2.24) is 9.97 Å². The van der Waals surface area contributed by atoms with Gasteiger partial charge in [0.2, 0.25) is 5.95 Å². The topological polar surface area (TPSA) is 99.4 Å². The summed E-state index contributed by atoms with van der Waals surface area (Å²) in [6.07, 6.45) is 3.25. The molecule has 1 atom stereocenters. The van der Waals surface area contributed by atoms with Gasteiger partial charge in [-0.15, -0.1) is 0 Å². The van der Waals surface area contributed by atoms with Gasteiger partial charge in [-0.3, -0.25) is 0 Å². The van der Waals surface area contributed by atoms with Crippen LogP contribution in [-0.4, -0.2) is 41.8 Å². The van der Waals surface area contributed by atoms with E-state index in [1.807, 2.05) is 13.8 Å². The number of nitrogens with zero attached hydrogens (tertiary/aromatic N) is 2. The quantitative estimate of drug-likeness (QED) is 0.610. The zero-order valence-electron chi connectivity index (χ0n) is 13.9. The van der Waals surface area contributed by atoms with Gasteiger partial charge in [0.05, 0.1) is 24.9 Å². The molecule has 2 rings (SSSR count). The van der Waals surface area contributed by atoms with Crippen molar-refractivity contribution in [3.8, 4) is 0 Å². The number of nitrogens with one attached hydrogen (secondary N) is 1. The van der Waals surface area contributed by atoms with E-state index >= 15 is 0 Å². The van der Waals surface area contributed by atoms with Gasteiger partial charge in [0, 0.05) is 17.7 Å². The summed E-state index contributed by atoms with van der Waals surface area (Å²) in [5, 5.41) is 3.34. The first-order valence-electron chi connectivity index (χ1n) is 7.91. The first-order valence-corrected chi connectivity index (χ1v) is 7.91. The number of anilines is 2. The zero-order chi connectivity index (χ0) is 16.8. The number of aromatic nitrogens is 2. The van der Waals surface area contributed by atoms with Gasteiger partial charge in [-0.1, -0.05) is 6.92 Å². The number of nitrogens with two attached hydrogens (primary N) is 1. The molecule has 1 unspecified atom stereocenters. The molecule has 1 aliphatic rings. The summed E-state index contributed by atoms with van der Waals surface area (Å²) in [6.45, 7) is 7.25. The standard InChI is InChI=1S/C16H24N4O3/c1-4-11(15(21)23-5-2)8-13-10(3)18-16(17)20-14(13)19-12-6-7-22-9-12/h8,12H,4-7,9H2,1-3H3,(H3,17,18,19,20). The Labute approximate surface area is 136 Å². The van der Waals surface area contributed by atoms with E-state index in [2.05, 4.69) is 15.3 Å². The van der Waals surface area contributed by atoms with Crippen LogP contribution in [0.2, 0.25) is 0 Å². The molecule has 0 radical (unpaired) electrons. The highest BCUT2D eigenvalue weighted by Crippen LogP contribution is 2.24. The molecule has 126 valence electrons. The second-order valence-electron chi connectivity index (χ2n) is 5.38. The van der Waals surface area contributed by atoms with Gasteiger partial charge in [0.1, 0.15) is 5.82 Å². The largest absolute Gasteiger partial charge is 0.463 e. The van der Waals surface area contributed by atoms with Crippen LogP contribution in [0.3, 0.4) is 0 Å². The molecule has 7 nitrogen and oxygen atoms in total. The number of carbonyl (C=O) groups is 1. The highest BCUT2D eigenvalue weighted by molar-refractivity contribution is 5.94. The average molecular weight is 320 g/mol. The second kappa shape index (κ2) is 7.92. The Kier molecular flexibility index (Phi) is 5.92. The molecule has 1 fully saturated rings. The number of nitrogen functional groups attached to an aromatic ring is 1. The molecule has 0 amide bonds. The van der Waals surface area contributed by atoms with E-state index in [1.165, 1.54) is 0 Å². The molecular formula is C16H24N4O3.